The molecule has 1 N–H and O–H groups in total. The van der Waals surface area contributed by atoms with Crippen molar-refractivity contribution in [3.63, 3.8) is 0 Å². The summed E-state index contributed by atoms with van der Waals surface area (Å²) in [4.78, 5) is 25.6. The summed E-state index contributed by atoms with van der Waals surface area (Å²) in [6.07, 6.45) is 5.37. The molecule has 3 aromatic rings. The number of piperazine rings is 1. The molecule has 2 aromatic heterocycles. The number of hydrogen-bond donors (Lipinski definition) is 1. The summed E-state index contributed by atoms with van der Waals surface area (Å²) in [5, 5.41) is 3.47. The van der Waals surface area contributed by atoms with Gasteiger partial charge in [-0.2, -0.15) is 0 Å². The smallest absolute Gasteiger partial charge is 0.255 e. The predicted octanol–water partition coefficient (Wildman–Crippen LogP) is 3.70. The predicted molar refractivity (Wildman–Crippen MR) is 115 cm³/mol. The SMILES string of the molecule is O=C(Nc1ccc(N2CCN(Cc3ccncc3)CC2)nc1)c1ccc(Cl)cc1. The summed E-state index contributed by atoms with van der Waals surface area (Å²) in [5.41, 5.74) is 2.51. The zero-order valence-electron chi connectivity index (χ0n) is 16.0. The molecule has 6 nitrogen and oxygen atoms in total. The van der Waals surface area contributed by atoms with Gasteiger partial charge in [0.25, 0.3) is 5.91 Å². The van der Waals surface area contributed by atoms with Crippen LogP contribution >= 0.6 is 11.6 Å². The standard InChI is InChI=1S/C22H22ClN5O/c23-19-3-1-18(2-4-19)22(29)26-20-5-6-21(25-15-20)28-13-11-27(12-14-28)16-17-7-9-24-10-8-17/h1-10,15H,11-14,16H2,(H,26,29). The zero-order chi connectivity index (χ0) is 20.1. The normalized spacial score (nSPS) is 14.6. The molecule has 0 bridgehead atoms. The second-order valence-corrected chi connectivity index (χ2v) is 7.42. The summed E-state index contributed by atoms with van der Waals surface area (Å²) in [6, 6.07) is 14.8. The molecule has 0 saturated carbocycles. The molecule has 1 fully saturated rings. The fourth-order valence-corrected chi connectivity index (χ4v) is 3.46. The van der Waals surface area contributed by atoms with E-state index in [1.165, 1.54) is 5.56 Å². The van der Waals surface area contributed by atoms with Crippen LogP contribution in [0.2, 0.25) is 5.02 Å². The third kappa shape index (κ3) is 5.10. The van der Waals surface area contributed by atoms with Crippen molar-refractivity contribution < 1.29 is 4.79 Å². The van der Waals surface area contributed by atoms with Gasteiger partial charge >= 0.3 is 0 Å². The molecule has 0 atom stereocenters. The van der Waals surface area contributed by atoms with Gasteiger partial charge < -0.3 is 10.2 Å². The van der Waals surface area contributed by atoms with E-state index in [4.69, 9.17) is 11.6 Å². The van der Waals surface area contributed by atoms with Crippen LogP contribution in [0.5, 0.6) is 0 Å². The second-order valence-electron chi connectivity index (χ2n) is 6.98. The maximum Gasteiger partial charge on any atom is 0.255 e. The molecule has 4 rings (SSSR count). The lowest BCUT2D eigenvalue weighted by molar-refractivity contribution is 0.102. The minimum Gasteiger partial charge on any atom is -0.354 e. The second kappa shape index (κ2) is 9.03. The van der Waals surface area contributed by atoms with Gasteiger partial charge in [0.2, 0.25) is 0 Å². The van der Waals surface area contributed by atoms with E-state index in [0.29, 0.717) is 16.3 Å². The largest absolute Gasteiger partial charge is 0.354 e. The van der Waals surface area contributed by atoms with Crippen LogP contribution in [-0.4, -0.2) is 47.0 Å². The molecule has 0 radical (unpaired) electrons. The lowest BCUT2D eigenvalue weighted by atomic mass is 10.2. The molecule has 1 saturated heterocycles. The van der Waals surface area contributed by atoms with E-state index in [0.717, 1.165) is 38.5 Å². The van der Waals surface area contributed by atoms with Gasteiger partial charge in [-0.25, -0.2) is 4.98 Å². The van der Waals surface area contributed by atoms with Crippen LogP contribution < -0.4 is 10.2 Å². The minimum atomic E-state index is -0.180. The number of carbonyl (C=O) groups excluding carboxylic acids is 1. The molecule has 1 aliphatic heterocycles. The first kappa shape index (κ1) is 19.4. The van der Waals surface area contributed by atoms with E-state index in [-0.39, 0.29) is 5.91 Å². The Labute approximate surface area is 175 Å². The number of rotatable bonds is 5. The van der Waals surface area contributed by atoms with Gasteiger partial charge in [0.15, 0.2) is 0 Å². The van der Waals surface area contributed by atoms with E-state index >= 15 is 0 Å². The molecule has 1 aliphatic rings. The van der Waals surface area contributed by atoms with Gasteiger partial charge in [-0.1, -0.05) is 11.6 Å². The topological polar surface area (TPSA) is 61.4 Å². The fraction of sp³-hybridized carbons (Fsp3) is 0.227. The van der Waals surface area contributed by atoms with Crippen molar-refractivity contribution in [2.45, 2.75) is 6.54 Å². The third-order valence-corrected chi connectivity index (χ3v) is 5.22. The van der Waals surface area contributed by atoms with Crippen LogP contribution in [0, 0.1) is 0 Å². The van der Waals surface area contributed by atoms with Crippen molar-refractivity contribution in [1.29, 1.82) is 0 Å². The average Bonchev–Trinajstić information content (AvgIpc) is 2.76. The Hall–Kier alpha value is -2.96. The van der Waals surface area contributed by atoms with Crippen molar-refractivity contribution in [2.24, 2.45) is 0 Å². The first-order valence-corrected chi connectivity index (χ1v) is 9.94. The van der Waals surface area contributed by atoms with Crippen LogP contribution in [0.4, 0.5) is 11.5 Å². The molecule has 1 amide bonds. The number of nitrogens with zero attached hydrogens (tertiary/aromatic N) is 4. The van der Waals surface area contributed by atoms with E-state index < -0.39 is 0 Å². The quantitative estimate of drug-likeness (QED) is 0.698. The lowest BCUT2D eigenvalue weighted by Crippen LogP contribution is -2.46. The Morgan fingerprint density at radius 2 is 1.69 bits per heavy atom. The van der Waals surface area contributed by atoms with Crippen molar-refractivity contribution in [1.82, 2.24) is 14.9 Å². The third-order valence-electron chi connectivity index (χ3n) is 4.96. The monoisotopic (exact) mass is 407 g/mol. The van der Waals surface area contributed by atoms with Crippen LogP contribution in [-0.2, 0) is 6.54 Å². The zero-order valence-corrected chi connectivity index (χ0v) is 16.7. The Bertz CT molecular complexity index is 939. The van der Waals surface area contributed by atoms with Gasteiger partial charge in [0.05, 0.1) is 11.9 Å². The number of nitrogens with one attached hydrogen (secondary N) is 1. The van der Waals surface area contributed by atoms with Gasteiger partial charge in [-0.15, -0.1) is 0 Å². The Kier molecular flexibility index (Phi) is 6.03. The first-order valence-electron chi connectivity index (χ1n) is 9.56. The van der Waals surface area contributed by atoms with Gasteiger partial charge in [-0.3, -0.25) is 14.7 Å². The molecule has 0 unspecified atom stereocenters. The molecule has 0 aliphatic carbocycles. The Morgan fingerprint density at radius 1 is 0.966 bits per heavy atom. The average molecular weight is 408 g/mol. The fourth-order valence-electron chi connectivity index (χ4n) is 3.33. The van der Waals surface area contributed by atoms with Crippen molar-refractivity contribution >= 4 is 29.0 Å². The number of hydrogen-bond acceptors (Lipinski definition) is 5. The molecule has 0 spiro atoms. The maximum atomic E-state index is 12.3. The highest BCUT2D eigenvalue weighted by atomic mass is 35.5. The number of anilines is 2. The summed E-state index contributed by atoms with van der Waals surface area (Å²) in [5.74, 6) is 0.749. The molecule has 29 heavy (non-hydrogen) atoms. The highest BCUT2D eigenvalue weighted by Crippen LogP contribution is 2.18. The summed E-state index contributed by atoms with van der Waals surface area (Å²) in [6.45, 7) is 4.76. The van der Waals surface area contributed by atoms with Gasteiger partial charge in [0, 0.05) is 55.7 Å². The molecule has 1 aromatic carbocycles. The van der Waals surface area contributed by atoms with E-state index in [1.807, 2.05) is 24.5 Å². The molecule has 3 heterocycles. The summed E-state index contributed by atoms with van der Waals surface area (Å²) >= 11 is 5.87. The van der Waals surface area contributed by atoms with Crippen molar-refractivity contribution in [3.8, 4) is 0 Å². The van der Waals surface area contributed by atoms with Crippen LogP contribution in [0.25, 0.3) is 0 Å². The van der Waals surface area contributed by atoms with E-state index in [9.17, 15) is 4.79 Å². The number of benzene rings is 1. The number of carbonyl (C=O) groups is 1. The Morgan fingerprint density at radius 3 is 2.34 bits per heavy atom. The van der Waals surface area contributed by atoms with Gasteiger partial charge in [0.1, 0.15) is 5.82 Å². The number of amides is 1. The molecular weight excluding hydrogens is 386 g/mol. The number of pyridine rings is 2. The number of halogens is 1. The van der Waals surface area contributed by atoms with Crippen LogP contribution in [0.15, 0.2) is 67.1 Å². The van der Waals surface area contributed by atoms with Crippen LogP contribution in [0.1, 0.15) is 15.9 Å². The highest BCUT2D eigenvalue weighted by Gasteiger charge is 2.18. The number of aromatic nitrogens is 2. The van der Waals surface area contributed by atoms with Crippen LogP contribution in [0.3, 0.4) is 0 Å². The molecular formula is C22H22ClN5O. The lowest BCUT2D eigenvalue weighted by Gasteiger charge is -2.35. The van der Waals surface area contributed by atoms with Gasteiger partial charge in [-0.05, 0) is 54.1 Å². The van der Waals surface area contributed by atoms with Crippen molar-refractivity contribution in [3.05, 3.63) is 83.3 Å². The molecule has 148 valence electrons. The van der Waals surface area contributed by atoms with Crippen molar-refractivity contribution in [2.75, 3.05) is 36.4 Å². The molecule has 7 heteroatoms. The Balaban J connectivity index is 1.30. The summed E-state index contributed by atoms with van der Waals surface area (Å²) in [7, 11) is 0. The van der Waals surface area contributed by atoms with E-state index in [1.54, 1.807) is 30.5 Å². The highest BCUT2D eigenvalue weighted by molar-refractivity contribution is 6.30. The minimum absolute atomic E-state index is 0.180. The van der Waals surface area contributed by atoms with E-state index in [2.05, 4.69) is 37.2 Å². The maximum absolute atomic E-state index is 12.3. The summed E-state index contributed by atoms with van der Waals surface area (Å²) < 4.78 is 0. The first-order chi connectivity index (χ1) is 14.2.